The Kier molecular flexibility index (Phi) is 6.06. The third-order valence-electron chi connectivity index (χ3n) is 5.62. The lowest BCUT2D eigenvalue weighted by atomic mass is 10.0. The lowest BCUT2D eigenvalue weighted by molar-refractivity contribution is -0.115. The van der Waals surface area contributed by atoms with E-state index in [2.05, 4.69) is 53.4 Å². The molecule has 6 nitrogen and oxygen atoms in total. The van der Waals surface area contributed by atoms with Crippen molar-refractivity contribution in [3.8, 4) is 11.3 Å². The number of hydrogen-bond donors (Lipinski definition) is 1. The standard InChI is InChI=1S/C25H22ClN5OS2/c1-13-9-15(3)22-19(10-13)14(2)11-21-29-30-25(31(21)22)34-16(4)23(32)28-24-27-20(12-33-24)17-5-7-18(26)8-6-17/h5-12,16H,1-4H3,(H,27,28,32). The molecule has 0 spiro atoms. The van der Waals surface area contributed by atoms with Crippen molar-refractivity contribution < 1.29 is 4.79 Å². The molecule has 0 bridgehead atoms. The summed E-state index contributed by atoms with van der Waals surface area (Å²) in [5, 5.41) is 16.3. The number of aromatic nitrogens is 4. The Morgan fingerprint density at radius 3 is 2.62 bits per heavy atom. The molecule has 0 radical (unpaired) electrons. The van der Waals surface area contributed by atoms with Crippen molar-refractivity contribution in [3.05, 3.63) is 69.6 Å². The molecule has 5 aromatic rings. The Hall–Kier alpha value is -2.94. The first-order chi connectivity index (χ1) is 16.3. The van der Waals surface area contributed by atoms with Crippen LogP contribution in [0.4, 0.5) is 5.13 Å². The molecule has 1 N–H and O–H groups in total. The van der Waals surface area contributed by atoms with Gasteiger partial charge in [-0.25, -0.2) is 4.98 Å². The minimum Gasteiger partial charge on any atom is -0.301 e. The van der Waals surface area contributed by atoms with E-state index in [0.717, 1.165) is 33.5 Å². The zero-order valence-corrected chi connectivity index (χ0v) is 21.5. The number of thiazole rings is 1. The number of pyridine rings is 1. The second kappa shape index (κ2) is 9.02. The highest BCUT2D eigenvalue weighted by Crippen LogP contribution is 2.31. The normalized spacial score (nSPS) is 12.4. The van der Waals surface area contributed by atoms with Crippen molar-refractivity contribution in [3.63, 3.8) is 0 Å². The summed E-state index contributed by atoms with van der Waals surface area (Å²) in [5.74, 6) is -0.136. The Balaban J connectivity index is 1.39. The maximum atomic E-state index is 13.0. The number of aryl methyl sites for hydroxylation is 3. The SMILES string of the molecule is Cc1cc(C)c2c(c1)c(C)cc1nnc(SC(C)C(=O)Nc3nc(-c4ccc(Cl)cc4)cs3)n12. The summed E-state index contributed by atoms with van der Waals surface area (Å²) in [7, 11) is 0. The Morgan fingerprint density at radius 1 is 1.09 bits per heavy atom. The average Bonchev–Trinajstić information content (AvgIpc) is 3.41. The summed E-state index contributed by atoms with van der Waals surface area (Å²) >= 11 is 8.75. The second-order valence-electron chi connectivity index (χ2n) is 8.28. The molecule has 172 valence electrons. The molecule has 1 amide bonds. The summed E-state index contributed by atoms with van der Waals surface area (Å²) < 4.78 is 2.05. The van der Waals surface area contributed by atoms with Gasteiger partial charge in [0.2, 0.25) is 5.91 Å². The van der Waals surface area contributed by atoms with Crippen LogP contribution in [0.25, 0.3) is 27.8 Å². The first-order valence-corrected chi connectivity index (χ1v) is 12.9. The van der Waals surface area contributed by atoms with Crippen molar-refractivity contribution in [2.75, 3.05) is 5.32 Å². The fraction of sp³-hybridized carbons (Fsp3) is 0.200. The number of carbonyl (C=O) groups excluding carboxylic acids is 1. The summed E-state index contributed by atoms with van der Waals surface area (Å²) in [6.45, 7) is 8.15. The number of nitrogens with zero attached hydrogens (tertiary/aromatic N) is 4. The van der Waals surface area contributed by atoms with Crippen LogP contribution in [0.1, 0.15) is 23.6 Å². The van der Waals surface area contributed by atoms with Crippen molar-refractivity contribution in [1.29, 1.82) is 0 Å². The van der Waals surface area contributed by atoms with Crippen LogP contribution in [0.2, 0.25) is 5.02 Å². The lowest BCUT2D eigenvalue weighted by Gasteiger charge is -2.13. The van der Waals surface area contributed by atoms with Crippen LogP contribution in [0, 0.1) is 20.8 Å². The molecular formula is C25H22ClN5OS2. The van der Waals surface area contributed by atoms with Crippen LogP contribution < -0.4 is 5.32 Å². The van der Waals surface area contributed by atoms with Crippen LogP contribution in [0.5, 0.6) is 0 Å². The first-order valence-electron chi connectivity index (χ1n) is 10.7. The van der Waals surface area contributed by atoms with Gasteiger partial charge in [-0.1, -0.05) is 47.1 Å². The van der Waals surface area contributed by atoms with Crippen LogP contribution in [-0.4, -0.2) is 30.7 Å². The van der Waals surface area contributed by atoms with Crippen LogP contribution in [-0.2, 0) is 4.79 Å². The van der Waals surface area contributed by atoms with E-state index in [1.165, 1.54) is 34.0 Å². The van der Waals surface area contributed by atoms with Gasteiger partial charge in [-0.05, 0) is 63.1 Å². The third kappa shape index (κ3) is 4.29. The van der Waals surface area contributed by atoms with Gasteiger partial charge in [0.25, 0.3) is 0 Å². The van der Waals surface area contributed by atoms with Crippen molar-refractivity contribution in [1.82, 2.24) is 19.6 Å². The monoisotopic (exact) mass is 507 g/mol. The van der Waals surface area contributed by atoms with Crippen LogP contribution in [0.3, 0.4) is 0 Å². The zero-order valence-electron chi connectivity index (χ0n) is 19.1. The highest BCUT2D eigenvalue weighted by Gasteiger charge is 2.21. The average molecular weight is 508 g/mol. The van der Waals surface area contributed by atoms with Gasteiger partial charge < -0.3 is 5.32 Å². The van der Waals surface area contributed by atoms with Crippen molar-refractivity contribution >= 4 is 62.3 Å². The third-order valence-corrected chi connectivity index (χ3v) is 7.68. The number of amides is 1. The summed E-state index contributed by atoms with van der Waals surface area (Å²) in [5.41, 5.74) is 7.13. The molecule has 0 fully saturated rings. The molecule has 0 aliphatic heterocycles. The molecule has 2 aromatic carbocycles. The predicted octanol–water partition coefficient (Wildman–Crippen LogP) is 6.70. The van der Waals surface area contributed by atoms with Gasteiger partial charge >= 0.3 is 0 Å². The zero-order chi connectivity index (χ0) is 24.0. The van der Waals surface area contributed by atoms with Crippen LogP contribution in [0.15, 0.2) is 53.0 Å². The van der Waals surface area contributed by atoms with E-state index in [4.69, 9.17) is 11.6 Å². The van der Waals surface area contributed by atoms with E-state index >= 15 is 0 Å². The smallest absolute Gasteiger partial charge is 0.239 e. The van der Waals surface area contributed by atoms with Crippen molar-refractivity contribution in [2.24, 2.45) is 0 Å². The fourth-order valence-electron chi connectivity index (χ4n) is 3.99. The van der Waals surface area contributed by atoms with Crippen molar-refractivity contribution in [2.45, 2.75) is 38.1 Å². The van der Waals surface area contributed by atoms with Gasteiger partial charge in [0, 0.05) is 21.4 Å². The highest BCUT2D eigenvalue weighted by molar-refractivity contribution is 8.00. The molecule has 0 saturated carbocycles. The van der Waals surface area contributed by atoms with Gasteiger partial charge in [0.15, 0.2) is 15.9 Å². The van der Waals surface area contributed by atoms with E-state index in [-0.39, 0.29) is 5.91 Å². The van der Waals surface area contributed by atoms with Gasteiger partial charge in [-0.15, -0.1) is 21.5 Å². The second-order valence-corrected chi connectivity index (χ2v) is 10.9. The minimum atomic E-state index is -0.391. The maximum absolute atomic E-state index is 13.0. The maximum Gasteiger partial charge on any atom is 0.239 e. The van der Waals surface area contributed by atoms with Gasteiger partial charge in [0.1, 0.15) is 0 Å². The van der Waals surface area contributed by atoms with E-state index in [1.807, 2.05) is 47.0 Å². The van der Waals surface area contributed by atoms with Gasteiger partial charge in [-0.2, -0.15) is 0 Å². The fourth-order valence-corrected chi connectivity index (χ4v) is 5.70. The number of thioether (sulfide) groups is 1. The molecule has 0 aliphatic rings. The van der Waals surface area contributed by atoms with Crippen LogP contribution >= 0.6 is 34.7 Å². The number of hydrogen-bond acceptors (Lipinski definition) is 6. The number of nitrogens with one attached hydrogen (secondary N) is 1. The molecular weight excluding hydrogens is 486 g/mol. The van der Waals surface area contributed by atoms with Gasteiger partial charge in [-0.3, -0.25) is 9.20 Å². The predicted molar refractivity (Wildman–Crippen MR) is 141 cm³/mol. The highest BCUT2D eigenvalue weighted by atomic mass is 35.5. The number of benzene rings is 2. The topological polar surface area (TPSA) is 72.2 Å². The first kappa shape index (κ1) is 22.8. The molecule has 0 saturated heterocycles. The van der Waals surface area contributed by atoms with E-state index < -0.39 is 5.25 Å². The molecule has 9 heteroatoms. The van der Waals surface area contributed by atoms with E-state index in [1.54, 1.807) is 0 Å². The molecule has 1 unspecified atom stereocenters. The Morgan fingerprint density at radius 2 is 1.85 bits per heavy atom. The molecule has 5 rings (SSSR count). The molecule has 3 heterocycles. The largest absolute Gasteiger partial charge is 0.301 e. The molecule has 34 heavy (non-hydrogen) atoms. The number of halogens is 1. The van der Waals surface area contributed by atoms with E-state index in [9.17, 15) is 4.79 Å². The Labute approximate surface area is 210 Å². The number of fused-ring (bicyclic) bond motifs is 3. The Bertz CT molecular complexity index is 1540. The molecule has 3 aromatic heterocycles. The van der Waals surface area contributed by atoms with E-state index in [0.29, 0.717) is 15.3 Å². The molecule has 0 aliphatic carbocycles. The minimum absolute atomic E-state index is 0.136. The lowest BCUT2D eigenvalue weighted by Crippen LogP contribution is -2.22. The summed E-state index contributed by atoms with van der Waals surface area (Å²) in [6, 6.07) is 13.8. The van der Waals surface area contributed by atoms with Gasteiger partial charge in [0.05, 0.1) is 16.5 Å². The quantitative estimate of drug-likeness (QED) is 0.268. The number of anilines is 1. The molecule has 1 atom stereocenters. The summed E-state index contributed by atoms with van der Waals surface area (Å²) in [6.07, 6.45) is 0. The number of carbonyl (C=O) groups is 1. The summed E-state index contributed by atoms with van der Waals surface area (Å²) in [4.78, 5) is 17.5. The number of rotatable bonds is 5.